The topological polar surface area (TPSA) is 71.0 Å². The van der Waals surface area contributed by atoms with E-state index in [4.69, 9.17) is 9.47 Å². The van der Waals surface area contributed by atoms with Crippen molar-refractivity contribution in [2.24, 2.45) is 0 Å². The van der Waals surface area contributed by atoms with Gasteiger partial charge in [0.1, 0.15) is 11.5 Å². The van der Waals surface area contributed by atoms with Crippen LogP contribution in [0.2, 0.25) is 0 Å². The molecule has 1 aromatic rings. The van der Waals surface area contributed by atoms with Gasteiger partial charge in [-0.15, -0.1) is 0 Å². The summed E-state index contributed by atoms with van der Waals surface area (Å²) in [5.74, 6) is -0.373. The maximum absolute atomic E-state index is 9.78. The van der Waals surface area contributed by atoms with Crippen LogP contribution in [0.1, 0.15) is 32.4 Å². The molecule has 0 aromatic heterocycles. The van der Waals surface area contributed by atoms with E-state index in [-0.39, 0.29) is 23.6 Å². The molecule has 1 heterocycles. The van der Waals surface area contributed by atoms with Crippen molar-refractivity contribution < 1.29 is 19.7 Å². The molecule has 19 heavy (non-hydrogen) atoms. The van der Waals surface area contributed by atoms with Crippen molar-refractivity contribution in [3.8, 4) is 11.5 Å². The highest BCUT2D eigenvalue weighted by Crippen LogP contribution is 2.28. The lowest BCUT2D eigenvalue weighted by Crippen LogP contribution is -2.32. The predicted molar refractivity (Wildman–Crippen MR) is 71.1 cm³/mol. The molecule has 1 fully saturated rings. The van der Waals surface area contributed by atoms with Gasteiger partial charge in [0.2, 0.25) is 0 Å². The minimum absolute atomic E-state index is 0.0108. The van der Waals surface area contributed by atoms with Crippen molar-refractivity contribution in [3.63, 3.8) is 0 Å². The Morgan fingerprint density at radius 2 is 2.16 bits per heavy atom. The zero-order chi connectivity index (χ0) is 14.0. The average molecular weight is 267 g/mol. The van der Waals surface area contributed by atoms with Gasteiger partial charge in [-0.2, -0.15) is 0 Å². The molecule has 2 atom stereocenters. The second-order valence-electron chi connectivity index (χ2n) is 5.32. The second kappa shape index (κ2) is 5.36. The summed E-state index contributed by atoms with van der Waals surface area (Å²) in [5.41, 5.74) is 0.746. The molecule has 0 spiro atoms. The maximum Gasteiger partial charge on any atom is 0.163 e. The molecule has 1 aromatic carbocycles. The molecule has 2 rings (SSSR count). The van der Waals surface area contributed by atoms with Gasteiger partial charge in [0.25, 0.3) is 0 Å². The fourth-order valence-corrected chi connectivity index (χ4v) is 2.18. The van der Waals surface area contributed by atoms with Gasteiger partial charge in [0.15, 0.2) is 5.79 Å². The van der Waals surface area contributed by atoms with Crippen LogP contribution in [0.25, 0.3) is 0 Å². The fourth-order valence-electron chi connectivity index (χ4n) is 2.18. The monoisotopic (exact) mass is 267 g/mol. The van der Waals surface area contributed by atoms with Crippen molar-refractivity contribution in [1.82, 2.24) is 5.32 Å². The van der Waals surface area contributed by atoms with E-state index in [1.807, 2.05) is 20.8 Å². The van der Waals surface area contributed by atoms with Crippen LogP contribution in [0.15, 0.2) is 18.2 Å². The van der Waals surface area contributed by atoms with Crippen molar-refractivity contribution in [1.29, 1.82) is 0 Å². The summed E-state index contributed by atoms with van der Waals surface area (Å²) in [6, 6.07) is 4.57. The van der Waals surface area contributed by atoms with Gasteiger partial charge in [0.05, 0.1) is 12.7 Å². The first kappa shape index (κ1) is 14.1. The van der Waals surface area contributed by atoms with Gasteiger partial charge in [-0.05, 0) is 26.8 Å². The largest absolute Gasteiger partial charge is 0.508 e. The number of ether oxygens (including phenoxy) is 2. The number of hydrogen-bond acceptors (Lipinski definition) is 5. The molecule has 106 valence electrons. The smallest absolute Gasteiger partial charge is 0.163 e. The van der Waals surface area contributed by atoms with Crippen molar-refractivity contribution >= 4 is 0 Å². The van der Waals surface area contributed by atoms with Crippen LogP contribution in [0.5, 0.6) is 11.5 Å². The van der Waals surface area contributed by atoms with Crippen LogP contribution in [-0.4, -0.2) is 35.3 Å². The molecule has 1 aliphatic heterocycles. The number of phenols is 2. The number of benzene rings is 1. The van der Waals surface area contributed by atoms with E-state index in [1.165, 1.54) is 6.07 Å². The zero-order valence-electron chi connectivity index (χ0n) is 11.5. The summed E-state index contributed by atoms with van der Waals surface area (Å²) in [5, 5.41) is 22.3. The third kappa shape index (κ3) is 3.59. The van der Waals surface area contributed by atoms with E-state index < -0.39 is 5.79 Å². The summed E-state index contributed by atoms with van der Waals surface area (Å²) < 4.78 is 11.2. The van der Waals surface area contributed by atoms with Gasteiger partial charge in [-0.3, -0.25) is 0 Å². The Balaban J connectivity index is 1.89. The minimum Gasteiger partial charge on any atom is -0.508 e. The average Bonchev–Trinajstić information content (AvgIpc) is 2.66. The lowest BCUT2D eigenvalue weighted by atomic mass is 10.1. The molecule has 0 radical (unpaired) electrons. The summed E-state index contributed by atoms with van der Waals surface area (Å²) in [6.07, 6.45) is 0.0108. The Labute approximate surface area is 113 Å². The number of rotatable bonds is 4. The summed E-state index contributed by atoms with van der Waals surface area (Å²) >= 11 is 0. The van der Waals surface area contributed by atoms with Gasteiger partial charge in [-0.25, -0.2) is 0 Å². The van der Waals surface area contributed by atoms with Crippen molar-refractivity contribution in [3.05, 3.63) is 23.8 Å². The van der Waals surface area contributed by atoms with Gasteiger partial charge >= 0.3 is 0 Å². The van der Waals surface area contributed by atoms with Crippen LogP contribution < -0.4 is 5.32 Å². The molecule has 0 saturated carbocycles. The quantitative estimate of drug-likeness (QED) is 0.777. The maximum atomic E-state index is 9.78. The molecule has 3 N–H and O–H groups in total. The number of hydrogen-bond donors (Lipinski definition) is 3. The first-order valence-corrected chi connectivity index (χ1v) is 6.44. The molecular formula is C14H21NO4. The van der Waals surface area contributed by atoms with Gasteiger partial charge in [0, 0.05) is 24.2 Å². The molecule has 0 bridgehead atoms. The van der Waals surface area contributed by atoms with Crippen LogP contribution >= 0.6 is 0 Å². The van der Waals surface area contributed by atoms with Crippen LogP contribution in [0.3, 0.4) is 0 Å². The standard InChI is InChI=1S/C14H21NO4/c1-9(12-5-4-10(16)6-13(12)17)15-7-11-8-18-14(2,3)19-11/h4-6,9,11,15-17H,7-8H2,1-3H3. The highest BCUT2D eigenvalue weighted by molar-refractivity contribution is 5.40. The van der Waals surface area contributed by atoms with Crippen LogP contribution in [-0.2, 0) is 9.47 Å². The SMILES string of the molecule is CC(NCC1COC(C)(C)O1)c1ccc(O)cc1O. The Morgan fingerprint density at radius 3 is 2.74 bits per heavy atom. The van der Waals surface area contributed by atoms with Gasteiger partial charge in [-0.1, -0.05) is 6.07 Å². The Hall–Kier alpha value is -1.30. The highest BCUT2D eigenvalue weighted by Gasteiger charge is 2.32. The van der Waals surface area contributed by atoms with E-state index in [9.17, 15) is 10.2 Å². The predicted octanol–water partition coefficient (Wildman–Crippen LogP) is 1.90. The Kier molecular flexibility index (Phi) is 3.99. The second-order valence-corrected chi connectivity index (χ2v) is 5.32. The van der Waals surface area contributed by atoms with E-state index in [2.05, 4.69) is 5.32 Å². The molecule has 0 aliphatic carbocycles. The van der Waals surface area contributed by atoms with Crippen molar-refractivity contribution in [2.75, 3.05) is 13.2 Å². The van der Waals surface area contributed by atoms with Crippen molar-refractivity contribution in [2.45, 2.75) is 38.7 Å². The van der Waals surface area contributed by atoms with Crippen LogP contribution in [0.4, 0.5) is 0 Å². The lowest BCUT2D eigenvalue weighted by Gasteiger charge is -2.20. The molecule has 5 heteroatoms. The normalized spacial score (nSPS) is 23.4. The number of nitrogens with one attached hydrogen (secondary N) is 1. The van der Waals surface area contributed by atoms with Gasteiger partial charge < -0.3 is 25.0 Å². The summed E-state index contributed by atoms with van der Waals surface area (Å²) in [6.45, 7) is 6.94. The molecule has 0 amide bonds. The van der Waals surface area contributed by atoms with E-state index in [1.54, 1.807) is 12.1 Å². The first-order chi connectivity index (χ1) is 8.87. The minimum atomic E-state index is -0.518. The van der Waals surface area contributed by atoms with E-state index >= 15 is 0 Å². The molecule has 2 unspecified atom stereocenters. The molecule has 1 saturated heterocycles. The highest BCUT2D eigenvalue weighted by atomic mass is 16.7. The summed E-state index contributed by atoms with van der Waals surface area (Å²) in [4.78, 5) is 0. The lowest BCUT2D eigenvalue weighted by molar-refractivity contribution is -0.137. The fraction of sp³-hybridized carbons (Fsp3) is 0.571. The first-order valence-electron chi connectivity index (χ1n) is 6.44. The Bertz CT molecular complexity index is 447. The van der Waals surface area contributed by atoms with Crippen LogP contribution in [0, 0.1) is 0 Å². The van der Waals surface area contributed by atoms with E-state index in [0.717, 1.165) is 5.56 Å². The molecular weight excluding hydrogens is 246 g/mol. The Morgan fingerprint density at radius 1 is 1.42 bits per heavy atom. The third-order valence-corrected chi connectivity index (χ3v) is 3.20. The zero-order valence-corrected chi connectivity index (χ0v) is 11.5. The summed E-state index contributed by atoms with van der Waals surface area (Å²) in [7, 11) is 0. The number of aromatic hydroxyl groups is 2. The van der Waals surface area contributed by atoms with E-state index in [0.29, 0.717) is 13.2 Å². The molecule has 1 aliphatic rings. The molecule has 5 nitrogen and oxygen atoms in total. The number of phenolic OH excluding ortho intramolecular Hbond substituents is 2. The third-order valence-electron chi connectivity index (χ3n) is 3.20.